The van der Waals surface area contributed by atoms with Crippen molar-refractivity contribution in [1.29, 1.82) is 0 Å². The molecule has 246 valence electrons. The molecule has 53 heavy (non-hydrogen) atoms. The van der Waals surface area contributed by atoms with Crippen LogP contribution in [0.15, 0.2) is 198 Å². The van der Waals surface area contributed by atoms with Crippen molar-refractivity contribution in [3.63, 3.8) is 0 Å². The lowest BCUT2D eigenvalue weighted by molar-refractivity contribution is 0.669. The second kappa shape index (κ2) is 11.8. The molecule has 0 aliphatic rings. The highest BCUT2D eigenvalue weighted by molar-refractivity contribution is 6.24. The summed E-state index contributed by atoms with van der Waals surface area (Å²) in [6.07, 6.45) is 0. The van der Waals surface area contributed by atoms with Gasteiger partial charge in [-0.2, -0.15) is 0 Å². The van der Waals surface area contributed by atoms with Crippen molar-refractivity contribution in [2.75, 3.05) is 0 Å². The molecule has 0 unspecified atom stereocenters. The zero-order chi connectivity index (χ0) is 43.6. The Labute approximate surface area is 321 Å². The van der Waals surface area contributed by atoms with Crippen LogP contribution in [0.2, 0.25) is 0 Å². The minimum atomic E-state index is -0.433. The van der Waals surface area contributed by atoms with E-state index in [4.69, 9.17) is 18.1 Å². The number of fused-ring (bicyclic) bond motifs is 7. The van der Waals surface area contributed by atoms with Crippen molar-refractivity contribution >= 4 is 65.0 Å². The summed E-state index contributed by atoms with van der Waals surface area (Å²) in [4.78, 5) is 0. The highest BCUT2D eigenvalue weighted by Gasteiger charge is 2.20. The topological polar surface area (TPSA) is 13.1 Å². The SMILES string of the molecule is [2H]c1c([2H])c([2H])c(-c2c3ccccc3c(-c3ccc4c(c3)oc3ccc(-c5c6ccccc6c(-c6c([2H])c([2H])c([2H])c([2H])c6[2H])c6ccccc56)cc34)c3ccccc23)c([2H])c1[2H]. The number of rotatable bonds is 4. The minimum Gasteiger partial charge on any atom is -0.456 e. The van der Waals surface area contributed by atoms with E-state index in [0.717, 1.165) is 76.1 Å². The maximum atomic E-state index is 8.91. The highest BCUT2D eigenvalue weighted by atomic mass is 16.3. The molecule has 11 rings (SSSR count). The van der Waals surface area contributed by atoms with E-state index in [1.54, 1.807) is 0 Å². The fraction of sp³-hybridized carbons (Fsp3) is 0. The fourth-order valence-corrected chi connectivity index (χ4v) is 8.26. The molecule has 0 radical (unpaired) electrons. The molecule has 1 nitrogen and oxygen atoms in total. The zero-order valence-corrected chi connectivity index (χ0v) is 28.1. The summed E-state index contributed by atoms with van der Waals surface area (Å²) >= 11 is 0. The fourth-order valence-electron chi connectivity index (χ4n) is 8.26. The van der Waals surface area contributed by atoms with E-state index in [1.165, 1.54) is 0 Å². The Morgan fingerprint density at radius 2 is 0.642 bits per heavy atom. The minimum absolute atomic E-state index is 0.160. The molecule has 0 saturated carbocycles. The summed E-state index contributed by atoms with van der Waals surface area (Å²) in [5.74, 6) is 0. The third-order valence-corrected chi connectivity index (χ3v) is 10.4. The average Bonchev–Trinajstić information content (AvgIpc) is 3.68. The van der Waals surface area contributed by atoms with Crippen LogP contribution in [0, 0.1) is 0 Å². The van der Waals surface area contributed by atoms with Gasteiger partial charge in [0.2, 0.25) is 0 Å². The molecule has 11 aromatic rings. The summed E-state index contributed by atoms with van der Waals surface area (Å²) < 4.78 is 92.5. The van der Waals surface area contributed by atoms with Gasteiger partial charge in [0.15, 0.2) is 0 Å². The van der Waals surface area contributed by atoms with Crippen molar-refractivity contribution < 1.29 is 18.1 Å². The lowest BCUT2D eigenvalue weighted by atomic mass is 9.85. The van der Waals surface area contributed by atoms with Gasteiger partial charge in [-0.25, -0.2) is 0 Å². The van der Waals surface area contributed by atoms with Crippen LogP contribution in [-0.2, 0) is 0 Å². The number of hydrogen-bond acceptors (Lipinski definition) is 1. The van der Waals surface area contributed by atoms with E-state index in [2.05, 4.69) is 18.2 Å². The summed E-state index contributed by atoms with van der Waals surface area (Å²) in [5.41, 5.74) is 6.56. The summed E-state index contributed by atoms with van der Waals surface area (Å²) in [5, 5.41) is 8.34. The van der Waals surface area contributed by atoms with Gasteiger partial charge < -0.3 is 4.42 Å². The monoisotopic (exact) mass is 682 g/mol. The average molecular weight is 683 g/mol. The summed E-state index contributed by atoms with van der Waals surface area (Å²) in [7, 11) is 0. The predicted molar refractivity (Wildman–Crippen MR) is 225 cm³/mol. The highest BCUT2D eigenvalue weighted by Crippen LogP contribution is 2.47. The Balaban J connectivity index is 1.12. The molecular formula is C52H32O. The molecule has 0 fully saturated rings. The van der Waals surface area contributed by atoms with Crippen molar-refractivity contribution in [2.45, 2.75) is 0 Å². The molecule has 0 amide bonds. The van der Waals surface area contributed by atoms with Crippen LogP contribution in [0.1, 0.15) is 13.7 Å². The molecule has 1 aromatic heterocycles. The van der Waals surface area contributed by atoms with Gasteiger partial charge in [0, 0.05) is 10.8 Å². The quantitative estimate of drug-likeness (QED) is 0.168. The van der Waals surface area contributed by atoms with Crippen LogP contribution in [-0.4, -0.2) is 0 Å². The first-order valence-electron chi connectivity index (χ1n) is 22.4. The third-order valence-electron chi connectivity index (χ3n) is 10.4. The first-order valence-corrected chi connectivity index (χ1v) is 17.4. The molecule has 1 heterocycles. The van der Waals surface area contributed by atoms with E-state index >= 15 is 0 Å². The van der Waals surface area contributed by atoms with Gasteiger partial charge >= 0.3 is 0 Å². The molecule has 0 atom stereocenters. The maximum absolute atomic E-state index is 8.91. The van der Waals surface area contributed by atoms with Gasteiger partial charge in [-0.1, -0.05) is 170 Å². The maximum Gasteiger partial charge on any atom is 0.136 e. The Hall–Kier alpha value is -6.96. The van der Waals surface area contributed by atoms with Crippen LogP contribution < -0.4 is 0 Å². The van der Waals surface area contributed by atoms with Gasteiger partial charge in [0.25, 0.3) is 0 Å². The molecule has 0 aliphatic heterocycles. The van der Waals surface area contributed by atoms with Crippen LogP contribution in [0.4, 0.5) is 0 Å². The second-order valence-electron chi connectivity index (χ2n) is 13.2. The van der Waals surface area contributed by atoms with Crippen LogP contribution in [0.25, 0.3) is 110 Å². The van der Waals surface area contributed by atoms with Gasteiger partial charge in [-0.15, -0.1) is 0 Å². The molecule has 0 spiro atoms. The molecule has 0 bridgehead atoms. The normalized spacial score (nSPS) is 14.4. The summed E-state index contributed by atoms with van der Waals surface area (Å²) in [6, 6.07) is 40.1. The smallest absolute Gasteiger partial charge is 0.136 e. The van der Waals surface area contributed by atoms with Crippen molar-refractivity contribution in [1.82, 2.24) is 0 Å². The van der Waals surface area contributed by atoms with Crippen molar-refractivity contribution in [2.24, 2.45) is 0 Å². The van der Waals surface area contributed by atoms with E-state index in [1.807, 2.05) is 115 Å². The van der Waals surface area contributed by atoms with Gasteiger partial charge in [-0.05, 0) is 112 Å². The Kier molecular flexibility index (Phi) is 4.77. The van der Waals surface area contributed by atoms with Crippen LogP contribution >= 0.6 is 0 Å². The number of hydrogen-bond donors (Lipinski definition) is 0. The molecule has 10 aromatic carbocycles. The van der Waals surface area contributed by atoms with Crippen LogP contribution in [0.3, 0.4) is 0 Å². The first-order chi connectivity index (χ1) is 30.5. The number of furan rings is 1. The lowest BCUT2D eigenvalue weighted by Gasteiger charge is -2.17. The van der Waals surface area contributed by atoms with Crippen LogP contribution in [0.5, 0.6) is 0 Å². The van der Waals surface area contributed by atoms with Gasteiger partial charge in [-0.3, -0.25) is 0 Å². The van der Waals surface area contributed by atoms with E-state index in [0.29, 0.717) is 22.3 Å². The molecule has 1 heteroatoms. The summed E-state index contributed by atoms with van der Waals surface area (Å²) in [6.45, 7) is 0. The Bertz CT molecular complexity index is 3640. The standard InChI is InChI=1S/C52H32O/c1-3-15-33(16-4-1)49-38-19-7-11-23-42(38)51(43-24-12-8-20-39(43)49)35-28-30-47-46(31-35)37-29-27-36(32-48(37)53-47)52-44-25-13-9-21-40(44)50(34-17-5-2-6-18-34)41-22-10-14-26-45(41)52/h1-32H/i1D,2D,3D,4D,5D,6D,15D,16D,17D,18D. The molecule has 0 N–H and O–H groups in total. The van der Waals surface area contributed by atoms with E-state index in [9.17, 15) is 0 Å². The Morgan fingerprint density at radius 3 is 1.06 bits per heavy atom. The predicted octanol–water partition coefficient (Wildman–Crippen LogP) is 14.9. The third kappa shape index (κ3) is 4.58. The Morgan fingerprint density at radius 1 is 0.283 bits per heavy atom. The van der Waals surface area contributed by atoms with Gasteiger partial charge in [0.05, 0.1) is 13.7 Å². The largest absolute Gasteiger partial charge is 0.456 e. The zero-order valence-electron chi connectivity index (χ0n) is 38.1. The second-order valence-corrected chi connectivity index (χ2v) is 13.2. The van der Waals surface area contributed by atoms with Crippen molar-refractivity contribution in [3.8, 4) is 44.5 Å². The van der Waals surface area contributed by atoms with E-state index in [-0.39, 0.29) is 59.5 Å². The molecular weight excluding hydrogens is 641 g/mol. The van der Waals surface area contributed by atoms with Gasteiger partial charge in [0.1, 0.15) is 11.2 Å². The molecule has 0 aliphatic carbocycles. The molecule has 0 saturated heterocycles. The van der Waals surface area contributed by atoms with Crippen molar-refractivity contribution in [3.05, 3.63) is 194 Å². The van der Waals surface area contributed by atoms with E-state index < -0.39 is 12.1 Å². The lowest BCUT2D eigenvalue weighted by Crippen LogP contribution is -1.90. The first kappa shape index (κ1) is 21.4. The number of benzene rings is 10.